The minimum atomic E-state index is -1.07. The monoisotopic (exact) mass is 420 g/mol. The lowest BCUT2D eigenvalue weighted by Crippen LogP contribution is -2.39. The second-order valence-electron chi connectivity index (χ2n) is 7.59. The molecular formula is C26H28O5. The second kappa shape index (κ2) is 11.2. The molecule has 0 spiro atoms. The second-order valence-corrected chi connectivity index (χ2v) is 7.59. The van der Waals surface area contributed by atoms with E-state index < -0.39 is 24.6 Å². The van der Waals surface area contributed by atoms with Gasteiger partial charge >= 0.3 is 0 Å². The van der Waals surface area contributed by atoms with Crippen molar-refractivity contribution < 1.29 is 24.1 Å². The zero-order valence-electron chi connectivity index (χ0n) is 17.4. The molecular weight excluding hydrogens is 392 g/mol. The van der Waals surface area contributed by atoms with E-state index in [0.717, 1.165) is 16.7 Å². The Balaban J connectivity index is 1.39. The van der Waals surface area contributed by atoms with E-state index in [9.17, 15) is 5.11 Å². The molecule has 5 nitrogen and oxygen atoms in total. The van der Waals surface area contributed by atoms with Crippen molar-refractivity contribution in [1.82, 2.24) is 0 Å². The normalized spacial score (nSPS) is 23.1. The van der Waals surface area contributed by atoms with Crippen LogP contribution in [0.25, 0.3) is 0 Å². The predicted octanol–water partition coefficient (Wildman–Crippen LogP) is 4.09. The van der Waals surface area contributed by atoms with E-state index in [1.807, 2.05) is 91.0 Å². The van der Waals surface area contributed by atoms with Crippen LogP contribution in [0, 0.1) is 0 Å². The summed E-state index contributed by atoms with van der Waals surface area (Å²) in [5, 5.41) is 10.5. The lowest BCUT2D eigenvalue weighted by atomic mass is 10.1. The van der Waals surface area contributed by atoms with Gasteiger partial charge in [0.15, 0.2) is 6.29 Å². The molecule has 0 amide bonds. The zero-order valence-corrected chi connectivity index (χ0v) is 17.4. The Morgan fingerprint density at radius 3 is 1.58 bits per heavy atom. The molecule has 0 unspecified atom stereocenters. The van der Waals surface area contributed by atoms with Gasteiger partial charge in [-0.2, -0.15) is 0 Å². The minimum Gasteiger partial charge on any atom is -0.374 e. The molecule has 162 valence electrons. The number of benzene rings is 3. The van der Waals surface area contributed by atoms with E-state index >= 15 is 0 Å². The van der Waals surface area contributed by atoms with Crippen LogP contribution in [0.5, 0.6) is 0 Å². The van der Waals surface area contributed by atoms with Gasteiger partial charge in [-0.05, 0) is 16.7 Å². The van der Waals surface area contributed by atoms with Gasteiger partial charge in [-0.15, -0.1) is 0 Å². The van der Waals surface area contributed by atoms with E-state index in [1.54, 1.807) is 0 Å². The highest BCUT2D eigenvalue weighted by Crippen LogP contribution is 2.28. The number of aliphatic hydroxyl groups excluding tert-OH is 1. The summed E-state index contributed by atoms with van der Waals surface area (Å²) in [6, 6.07) is 29.8. The van der Waals surface area contributed by atoms with E-state index in [2.05, 4.69) is 0 Å². The Morgan fingerprint density at radius 2 is 1.06 bits per heavy atom. The average Bonchev–Trinajstić information content (AvgIpc) is 3.12. The fourth-order valence-electron chi connectivity index (χ4n) is 3.62. The van der Waals surface area contributed by atoms with Gasteiger partial charge in [0.2, 0.25) is 0 Å². The highest BCUT2D eigenvalue weighted by molar-refractivity contribution is 5.15. The fraction of sp³-hybridized carbons (Fsp3) is 0.308. The van der Waals surface area contributed by atoms with Crippen molar-refractivity contribution >= 4 is 0 Å². The Hall–Kier alpha value is -2.54. The first-order valence-corrected chi connectivity index (χ1v) is 10.6. The van der Waals surface area contributed by atoms with Crippen molar-refractivity contribution in [2.75, 3.05) is 6.61 Å². The van der Waals surface area contributed by atoms with E-state index in [1.165, 1.54) is 0 Å². The van der Waals surface area contributed by atoms with Gasteiger partial charge in [0.05, 0.1) is 26.4 Å². The number of hydrogen-bond donors (Lipinski definition) is 1. The maximum atomic E-state index is 10.5. The van der Waals surface area contributed by atoms with Gasteiger partial charge < -0.3 is 24.1 Å². The molecule has 0 saturated carbocycles. The Bertz CT molecular complexity index is 887. The number of ether oxygens (including phenoxy) is 4. The summed E-state index contributed by atoms with van der Waals surface area (Å²) in [5.74, 6) is 0. The highest BCUT2D eigenvalue weighted by Gasteiger charge is 2.45. The summed E-state index contributed by atoms with van der Waals surface area (Å²) in [6.45, 7) is 1.55. The van der Waals surface area contributed by atoms with E-state index in [0.29, 0.717) is 26.4 Å². The molecule has 3 aromatic carbocycles. The first-order chi connectivity index (χ1) is 15.3. The molecule has 0 bridgehead atoms. The standard InChI is InChI=1S/C26H28O5/c27-26-25(30-18-22-14-8-3-9-15-22)24(29-17-21-12-6-2-7-13-21)23(31-26)19-28-16-20-10-4-1-5-11-20/h1-15,23-27H,16-19H2/t23-,24+,25+,26+/m1/s1. The third kappa shape index (κ3) is 6.23. The third-order valence-electron chi connectivity index (χ3n) is 5.25. The zero-order chi connectivity index (χ0) is 21.3. The molecule has 1 aliphatic rings. The van der Waals surface area contributed by atoms with E-state index in [4.69, 9.17) is 18.9 Å². The number of aliphatic hydroxyl groups is 1. The molecule has 1 N–H and O–H groups in total. The van der Waals surface area contributed by atoms with Crippen molar-refractivity contribution in [3.05, 3.63) is 108 Å². The summed E-state index contributed by atoms with van der Waals surface area (Å²) in [4.78, 5) is 0. The van der Waals surface area contributed by atoms with Gasteiger partial charge in [0.1, 0.15) is 18.3 Å². The van der Waals surface area contributed by atoms with Gasteiger partial charge in [0, 0.05) is 0 Å². The van der Waals surface area contributed by atoms with Crippen molar-refractivity contribution in [2.24, 2.45) is 0 Å². The van der Waals surface area contributed by atoms with Gasteiger partial charge in [0.25, 0.3) is 0 Å². The molecule has 0 radical (unpaired) electrons. The molecule has 4 rings (SSSR count). The Kier molecular flexibility index (Phi) is 7.82. The molecule has 4 atom stereocenters. The maximum Gasteiger partial charge on any atom is 0.184 e. The van der Waals surface area contributed by atoms with Crippen LogP contribution < -0.4 is 0 Å². The average molecular weight is 421 g/mol. The number of hydrogen-bond acceptors (Lipinski definition) is 5. The molecule has 1 heterocycles. The van der Waals surface area contributed by atoms with Crippen LogP contribution in [0.4, 0.5) is 0 Å². The summed E-state index contributed by atoms with van der Waals surface area (Å²) >= 11 is 0. The van der Waals surface area contributed by atoms with Crippen molar-refractivity contribution in [3.8, 4) is 0 Å². The maximum absolute atomic E-state index is 10.5. The summed E-state index contributed by atoms with van der Waals surface area (Å²) in [6.07, 6.45) is -2.55. The van der Waals surface area contributed by atoms with Gasteiger partial charge in [-0.1, -0.05) is 91.0 Å². The molecule has 1 aliphatic heterocycles. The van der Waals surface area contributed by atoms with Crippen molar-refractivity contribution in [3.63, 3.8) is 0 Å². The molecule has 1 fully saturated rings. The molecule has 3 aromatic rings. The molecule has 31 heavy (non-hydrogen) atoms. The van der Waals surface area contributed by atoms with Crippen molar-refractivity contribution in [1.29, 1.82) is 0 Å². The quantitative estimate of drug-likeness (QED) is 0.535. The van der Waals surface area contributed by atoms with Gasteiger partial charge in [-0.25, -0.2) is 0 Å². The van der Waals surface area contributed by atoms with E-state index in [-0.39, 0.29) is 0 Å². The molecule has 0 aliphatic carbocycles. The molecule has 0 aromatic heterocycles. The Labute approximate surface area is 183 Å². The minimum absolute atomic E-state index is 0.302. The Morgan fingerprint density at radius 1 is 0.613 bits per heavy atom. The van der Waals surface area contributed by atoms with Crippen LogP contribution >= 0.6 is 0 Å². The fourth-order valence-corrected chi connectivity index (χ4v) is 3.62. The van der Waals surface area contributed by atoms with Crippen molar-refractivity contribution in [2.45, 2.75) is 44.4 Å². The summed E-state index contributed by atoms with van der Waals surface area (Å²) < 4.78 is 23.9. The SMILES string of the molecule is O[C@H]1O[C@H](COCc2ccccc2)[C@H](OCc2ccccc2)[C@@H]1OCc1ccccc1. The summed E-state index contributed by atoms with van der Waals surface area (Å²) in [7, 11) is 0. The number of rotatable bonds is 10. The summed E-state index contributed by atoms with van der Waals surface area (Å²) in [5.41, 5.74) is 3.16. The third-order valence-corrected chi connectivity index (χ3v) is 5.25. The highest BCUT2D eigenvalue weighted by atomic mass is 16.7. The first-order valence-electron chi connectivity index (χ1n) is 10.6. The first kappa shape index (κ1) is 21.7. The lowest BCUT2D eigenvalue weighted by molar-refractivity contribution is -0.153. The largest absolute Gasteiger partial charge is 0.374 e. The smallest absolute Gasteiger partial charge is 0.184 e. The molecule has 1 saturated heterocycles. The van der Waals surface area contributed by atoms with Crippen LogP contribution in [0.2, 0.25) is 0 Å². The lowest BCUT2D eigenvalue weighted by Gasteiger charge is -2.24. The predicted molar refractivity (Wildman–Crippen MR) is 117 cm³/mol. The van der Waals surface area contributed by atoms with Crippen LogP contribution in [0.3, 0.4) is 0 Å². The van der Waals surface area contributed by atoms with Crippen LogP contribution in [0.15, 0.2) is 91.0 Å². The van der Waals surface area contributed by atoms with Crippen LogP contribution in [-0.4, -0.2) is 36.3 Å². The molecule has 5 heteroatoms. The van der Waals surface area contributed by atoms with Crippen LogP contribution in [0.1, 0.15) is 16.7 Å². The topological polar surface area (TPSA) is 57.2 Å². The van der Waals surface area contributed by atoms with Gasteiger partial charge in [-0.3, -0.25) is 0 Å². The van der Waals surface area contributed by atoms with Crippen LogP contribution in [-0.2, 0) is 38.8 Å².